The molecule has 0 unspecified atom stereocenters. The predicted molar refractivity (Wildman–Crippen MR) is 85.8 cm³/mol. The third-order valence-electron chi connectivity index (χ3n) is 3.50. The fourth-order valence-electron chi connectivity index (χ4n) is 2.50. The summed E-state index contributed by atoms with van der Waals surface area (Å²) in [6.45, 7) is 3.76. The molecule has 2 aromatic rings. The molecule has 6 heteroatoms. The van der Waals surface area contributed by atoms with Crippen LogP contribution in [0.2, 0.25) is 0 Å². The van der Waals surface area contributed by atoms with Gasteiger partial charge in [0.1, 0.15) is 16.9 Å². The highest BCUT2D eigenvalue weighted by atomic mass is 32.1. The largest absolute Gasteiger partial charge is 0.489 e. The SMILES string of the molecule is CCOC(=O)c1ncsc1N1CC[C@H](Oc2ccccc2)C1. The van der Waals surface area contributed by atoms with Crippen LogP contribution in [0.5, 0.6) is 5.75 Å². The molecule has 3 rings (SSSR count). The summed E-state index contributed by atoms with van der Waals surface area (Å²) in [5, 5.41) is 0.873. The van der Waals surface area contributed by atoms with Crippen LogP contribution in [-0.4, -0.2) is 36.8 Å². The van der Waals surface area contributed by atoms with Gasteiger partial charge in [-0.3, -0.25) is 0 Å². The summed E-state index contributed by atoms with van der Waals surface area (Å²) in [6, 6.07) is 9.81. The molecular formula is C16H18N2O3S. The zero-order chi connectivity index (χ0) is 15.4. The van der Waals surface area contributed by atoms with Crippen molar-refractivity contribution in [1.82, 2.24) is 4.98 Å². The van der Waals surface area contributed by atoms with Gasteiger partial charge >= 0.3 is 5.97 Å². The van der Waals surface area contributed by atoms with Gasteiger partial charge in [0.2, 0.25) is 0 Å². The normalized spacial score (nSPS) is 17.5. The van der Waals surface area contributed by atoms with E-state index in [2.05, 4.69) is 9.88 Å². The molecule has 0 N–H and O–H groups in total. The van der Waals surface area contributed by atoms with E-state index in [1.165, 1.54) is 11.3 Å². The summed E-state index contributed by atoms with van der Waals surface area (Å²) in [5.41, 5.74) is 2.10. The lowest BCUT2D eigenvalue weighted by molar-refractivity contribution is 0.0521. The zero-order valence-electron chi connectivity index (χ0n) is 12.4. The first-order chi connectivity index (χ1) is 10.8. The van der Waals surface area contributed by atoms with Crippen molar-refractivity contribution in [2.24, 2.45) is 0 Å². The number of para-hydroxylation sites is 1. The Morgan fingerprint density at radius 1 is 1.41 bits per heavy atom. The Balaban J connectivity index is 1.66. The number of benzene rings is 1. The number of rotatable bonds is 5. The summed E-state index contributed by atoms with van der Waals surface area (Å²) < 4.78 is 11.0. The van der Waals surface area contributed by atoms with Crippen molar-refractivity contribution in [3.05, 3.63) is 41.5 Å². The second-order valence-corrected chi connectivity index (χ2v) is 5.85. The van der Waals surface area contributed by atoms with Gasteiger partial charge in [-0.15, -0.1) is 11.3 Å². The fourth-order valence-corrected chi connectivity index (χ4v) is 3.32. The van der Waals surface area contributed by atoms with Gasteiger partial charge in [0.15, 0.2) is 5.69 Å². The number of aromatic nitrogens is 1. The van der Waals surface area contributed by atoms with Crippen molar-refractivity contribution in [3.8, 4) is 5.75 Å². The highest BCUT2D eigenvalue weighted by molar-refractivity contribution is 7.14. The van der Waals surface area contributed by atoms with Gasteiger partial charge in [0.25, 0.3) is 0 Å². The first-order valence-corrected chi connectivity index (χ1v) is 8.23. The van der Waals surface area contributed by atoms with Crippen molar-refractivity contribution in [3.63, 3.8) is 0 Å². The molecule has 0 spiro atoms. The first kappa shape index (κ1) is 14.8. The predicted octanol–water partition coefficient (Wildman–Crippen LogP) is 2.98. The van der Waals surface area contributed by atoms with Crippen molar-refractivity contribution in [1.29, 1.82) is 0 Å². The fraction of sp³-hybridized carbons (Fsp3) is 0.375. The Bertz CT molecular complexity index is 629. The molecule has 2 heterocycles. The Hall–Kier alpha value is -2.08. The van der Waals surface area contributed by atoms with Crippen LogP contribution in [0.3, 0.4) is 0 Å². The van der Waals surface area contributed by atoms with Crippen LogP contribution in [0.4, 0.5) is 5.00 Å². The Labute approximate surface area is 133 Å². The topological polar surface area (TPSA) is 51.7 Å². The second-order valence-electron chi connectivity index (χ2n) is 5.01. The number of carbonyl (C=O) groups is 1. The second kappa shape index (κ2) is 6.79. The standard InChI is InChI=1S/C16H18N2O3S/c1-2-20-16(19)14-15(22-11-17-14)18-9-8-13(10-18)21-12-6-4-3-5-7-12/h3-7,11,13H,2,8-10H2,1H3/t13-/m0/s1. The Kier molecular flexibility index (Phi) is 4.58. The molecule has 1 saturated heterocycles. The van der Waals surface area contributed by atoms with Crippen LogP contribution in [-0.2, 0) is 4.74 Å². The minimum atomic E-state index is -0.355. The van der Waals surface area contributed by atoms with Crippen LogP contribution in [0.15, 0.2) is 35.8 Å². The molecule has 1 aromatic carbocycles. The quantitative estimate of drug-likeness (QED) is 0.793. The number of hydrogen-bond donors (Lipinski definition) is 0. The molecule has 0 amide bonds. The number of nitrogens with zero attached hydrogens (tertiary/aromatic N) is 2. The molecule has 1 atom stereocenters. The minimum absolute atomic E-state index is 0.125. The highest BCUT2D eigenvalue weighted by Gasteiger charge is 2.29. The number of carbonyl (C=O) groups excluding carboxylic acids is 1. The van der Waals surface area contributed by atoms with Crippen LogP contribution in [0.1, 0.15) is 23.8 Å². The molecule has 1 aliphatic heterocycles. The molecule has 1 fully saturated rings. The summed E-state index contributed by atoms with van der Waals surface area (Å²) in [5.74, 6) is 0.524. The Morgan fingerprint density at radius 2 is 2.23 bits per heavy atom. The smallest absolute Gasteiger partial charge is 0.360 e. The summed E-state index contributed by atoms with van der Waals surface area (Å²) in [7, 11) is 0. The average molecular weight is 318 g/mol. The van der Waals surface area contributed by atoms with Crippen molar-refractivity contribution in [2.45, 2.75) is 19.4 Å². The van der Waals surface area contributed by atoms with Crippen LogP contribution < -0.4 is 9.64 Å². The molecule has 0 radical (unpaired) electrons. The van der Waals surface area contributed by atoms with E-state index in [9.17, 15) is 4.79 Å². The number of esters is 1. The van der Waals surface area contributed by atoms with Gasteiger partial charge in [-0.2, -0.15) is 0 Å². The maximum absolute atomic E-state index is 11.9. The molecule has 22 heavy (non-hydrogen) atoms. The lowest BCUT2D eigenvalue weighted by atomic mass is 10.3. The van der Waals surface area contributed by atoms with Crippen LogP contribution in [0.25, 0.3) is 0 Å². The third-order valence-corrected chi connectivity index (χ3v) is 4.38. The van der Waals surface area contributed by atoms with Gasteiger partial charge < -0.3 is 14.4 Å². The van der Waals surface area contributed by atoms with Gasteiger partial charge in [-0.05, 0) is 19.1 Å². The lowest BCUT2D eigenvalue weighted by Gasteiger charge is -2.18. The van der Waals surface area contributed by atoms with Crippen LogP contribution >= 0.6 is 11.3 Å². The van der Waals surface area contributed by atoms with E-state index < -0.39 is 0 Å². The molecule has 1 aromatic heterocycles. The zero-order valence-corrected chi connectivity index (χ0v) is 13.2. The highest BCUT2D eigenvalue weighted by Crippen LogP contribution is 2.30. The molecule has 116 valence electrons. The van der Waals surface area contributed by atoms with Crippen molar-refractivity contribution in [2.75, 3.05) is 24.6 Å². The monoisotopic (exact) mass is 318 g/mol. The van der Waals surface area contributed by atoms with E-state index >= 15 is 0 Å². The first-order valence-electron chi connectivity index (χ1n) is 7.35. The maximum Gasteiger partial charge on any atom is 0.360 e. The summed E-state index contributed by atoms with van der Waals surface area (Å²) in [6.07, 6.45) is 1.05. The van der Waals surface area contributed by atoms with E-state index in [4.69, 9.17) is 9.47 Å². The number of ether oxygens (including phenoxy) is 2. The maximum atomic E-state index is 11.9. The van der Waals surface area contributed by atoms with Gasteiger partial charge in [-0.1, -0.05) is 18.2 Å². The van der Waals surface area contributed by atoms with Gasteiger partial charge in [-0.25, -0.2) is 9.78 Å². The van der Waals surface area contributed by atoms with E-state index in [1.807, 2.05) is 30.3 Å². The van der Waals surface area contributed by atoms with Crippen LogP contribution in [0, 0.1) is 0 Å². The van der Waals surface area contributed by atoms with E-state index in [0.29, 0.717) is 12.3 Å². The third kappa shape index (κ3) is 3.22. The lowest BCUT2D eigenvalue weighted by Crippen LogP contribution is -2.25. The molecule has 0 bridgehead atoms. The van der Waals surface area contributed by atoms with E-state index in [1.54, 1.807) is 12.4 Å². The minimum Gasteiger partial charge on any atom is -0.489 e. The number of thiazole rings is 1. The molecule has 5 nitrogen and oxygen atoms in total. The summed E-state index contributed by atoms with van der Waals surface area (Å²) >= 11 is 1.47. The van der Waals surface area contributed by atoms with Gasteiger partial charge in [0.05, 0.1) is 18.7 Å². The average Bonchev–Trinajstić information content (AvgIpc) is 3.17. The molecule has 1 aliphatic rings. The molecular weight excluding hydrogens is 300 g/mol. The van der Waals surface area contributed by atoms with Crippen molar-refractivity contribution >= 4 is 22.3 Å². The molecule has 0 aliphatic carbocycles. The van der Waals surface area contributed by atoms with E-state index in [0.717, 1.165) is 30.3 Å². The van der Waals surface area contributed by atoms with Gasteiger partial charge in [0, 0.05) is 13.0 Å². The number of anilines is 1. The molecule has 0 saturated carbocycles. The van der Waals surface area contributed by atoms with Crippen molar-refractivity contribution < 1.29 is 14.3 Å². The summed E-state index contributed by atoms with van der Waals surface area (Å²) in [4.78, 5) is 18.2. The number of hydrogen-bond acceptors (Lipinski definition) is 6. The van der Waals surface area contributed by atoms with E-state index in [-0.39, 0.29) is 12.1 Å². The Morgan fingerprint density at radius 3 is 3.00 bits per heavy atom.